The molecule has 1 atom stereocenters. The first-order chi connectivity index (χ1) is 10.9. The van der Waals surface area contributed by atoms with Gasteiger partial charge < -0.3 is 19.3 Å². The van der Waals surface area contributed by atoms with Gasteiger partial charge in [0, 0.05) is 10.0 Å². The molecule has 0 saturated heterocycles. The van der Waals surface area contributed by atoms with Crippen molar-refractivity contribution < 1.29 is 24.1 Å². The number of hydrogen-bond acceptors (Lipinski definition) is 6. The molecule has 0 aliphatic rings. The lowest BCUT2D eigenvalue weighted by Crippen LogP contribution is -2.39. The highest BCUT2D eigenvalue weighted by Gasteiger charge is 2.39. The molecule has 122 valence electrons. The van der Waals surface area contributed by atoms with Crippen molar-refractivity contribution in [2.45, 2.75) is 12.5 Å². The fourth-order valence-corrected chi connectivity index (χ4v) is 2.08. The molecule has 23 heavy (non-hydrogen) atoms. The molecule has 2 aromatic rings. The van der Waals surface area contributed by atoms with Crippen LogP contribution in [0.15, 0.2) is 34.8 Å². The van der Waals surface area contributed by atoms with Crippen LogP contribution in [0.25, 0.3) is 0 Å². The molecule has 8 heteroatoms. The molecular weight excluding hydrogens is 368 g/mol. The van der Waals surface area contributed by atoms with Crippen LogP contribution in [0.1, 0.15) is 12.5 Å². The van der Waals surface area contributed by atoms with Crippen LogP contribution < -0.4 is 14.2 Å². The lowest BCUT2D eigenvalue weighted by atomic mass is 9.96. The van der Waals surface area contributed by atoms with Crippen molar-refractivity contribution in [3.05, 3.63) is 40.4 Å². The fourth-order valence-electron chi connectivity index (χ4n) is 1.82. The third kappa shape index (κ3) is 3.70. The van der Waals surface area contributed by atoms with Gasteiger partial charge in [-0.1, -0.05) is 28.1 Å². The normalized spacial score (nSPS) is 13.0. The number of carboxylic acids is 1. The zero-order chi connectivity index (χ0) is 17.0. The topological polar surface area (TPSA) is 90.8 Å². The minimum absolute atomic E-state index is 0.158. The van der Waals surface area contributed by atoms with Gasteiger partial charge in [-0.05, 0) is 19.1 Å². The third-order valence-electron chi connectivity index (χ3n) is 3.18. The first-order valence-electron chi connectivity index (χ1n) is 6.54. The third-order valence-corrected chi connectivity index (χ3v) is 3.70. The minimum Gasteiger partial charge on any atom is -0.481 e. The largest absolute Gasteiger partial charge is 0.481 e. The number of halogens is 1. The predicted molar refractivity (Wildman–Crippen MR) is 84.9 cm³/mol. The second-order valence-corrected chi connectivity index (χ2v) is 5.60. The monoisotopic (exact) mass is 382 g/mol. The van der Waals surface area contributed by atoms with Crippen molar-refractivity contribution in [3.63, 3.8) is 0 Å². The maximum atomic E-state index is 11.8. The Morgan fingerprint density at radius 3 is 2.09 bits per heavy atom. The molecule has 0 fully saturated rings. The first kappa shape index (κ1) is 17.0. The highest BCUT2D eigenvalue weighted by molar-refractivity contribution is 9.10. The van der Waals surface area contributed by atoms with Gasteiger partial charge in [0.25, 0.3) is 0 Å². The zero-order valence-corrected chi connectivity index (χ0v) is 14.3. The van der Waals surface area contributed by atoms with E-state index in [1.807, 2.05) is 0 Å². The van der Waals surface area contributed by atoms with Crippen LogP contribution in [0.5, 0.6) is 17.8 Å². The van der Waals surface area contributed by atoms with E-state index in [0.717, 1.165) is 4.47 Å². The fraction of sp³-hybridized carbons (Fsp3) is 0.267. The van der Waals surface area contributed by atoms with Crippen molar-refractivity contribution in [2.24, 2.45) is 0 Å². The summed E-state index contributed by atoms with van der Waals surface area (Å²) in [6.45, 7) is 1.42. The van der Waals surface area contributed by atoms with Crippen LogP contribution in [-0.4, -0.2) is 35.3 Å². The smallest absolute Gasteiger partial charge is 0.352 e. The molecule has 1 aromatic carbocycles. The molecule has 0 saturated carbocycles. The molecule has 0 aliphatic heterocycles. The van der Waals surface area contributed by atoms with E-state index in [4.69, 9.17) is 14.2 Å². The van der Waals surface area contributed by atoms with Gasteiger partial charge >= 0.3 is 12.0 Å². The number of ether oxygens (including phenoxy) is 3. The first-order valence-corrected chi connectivity index (χ1v) is 7.34. The summed E-state index contributed by atoms with van der Waals surface area (Å²) in [6.07, 6.45) is 0. The number of rotatable bonds is 6. The molecule has 1 N–H and O–H groups in total. The summed E-state index contributed by atoms with van der Waals surface area (Å²) in [7, 11) is 2.85. The summed E-state index contributed by atoms with van der Waals surface area (Å²) in [5.74, 6) is -0.768. The van der Waals surface area contributed by atoms with Crippen LogP contribution in [-0.2, 0) is 10.4 Å². The van der Waals surface area contributed by atoms with E-state index in [2.05, 4.69) is 25.9 Å². The Kier molecular flexibility index (Phi) is 5.05. The molecule has 0 bridgehead atoms. The molecular formula is C15H15BrN2O5. The second-order valence-electron chi connectivity index (χ2n) is 4.68. The van der Waals surface area contributed by atoms with Gasteiger partial charge in [-0.25, -0.2) is 4.79 Å². The Morgan fingerprint density at radius 1 is 1.13 bits per heavy atom. The molecule has 1 unspecified atom stereocenters. The van der Waals surface area contributed by atoms with Gasteiger partial charge in [-0.3, -0.25) is 0 Å². The lowest BCUT2D eigenvalue weighted by Gasteiger charge is -2.25. The summed E-state index contributed by atoms with van der Waals surface area (Å²) in [5, 5.41) is 9.61. The Labute approximate surface area is 141 Å². The van der Waals surface area contributed by atoms with Crippen molar-refractivity contribution in [1.29, 1.82) is 0 Å². The van der Waals surface area contributed by atoms with Crippen molar-refractivity contribution >= 4 is 21.9 Å². The van der Waals surface area contributed by atoms with E-state index in [1.165, 1.54) is 27.2 Å². The Bertz CT molecular complexity index is 685. The summed E-state index contributed by atoms with van der Waals surface area (Å²) in [6, 6.07) is 8.06. The minimum atomic E-state index is -1.67. The quantitative estimate of drug-likeness (QED) is 0.820. The number of aliphatic carboxylic acids is 1. The Balaban J connectivity index is 2.43. The number of hydrogen-bond donors (Lipinski definition) is 1. The standard InChI is InChI=1S/C15H15BrN2O5/c1-15(13(19)20,9-4-6-10(16)7-5-9)23-14-17-11(21-2)8-12(18-14)22-3/h4-8H,1-3H3,(H,19,20). The van der Waals surface area contributed by atoms with Crippen molar-refractivity contribution in [2.75, 3.05) is 14.2 Å². The maximum absolute atomic E-state index is 11.8. The van der Waals surface area contributed by atoms with E-state index in [9.17, 15) is 9.90 Å². The number of carboxylic acid groups (broad SMARTS) is 1. The summed E-state index contributed by atoms with van der Waals surface area (Å²) >= 11 is 3.31. The van der Waals surface area contributed by atoms with Gasteiger partial charge in [0.1, 0.15) is 0 Å². The average Bonchev–Trinajstić information content (AvgIpc) is 2.54. The highest BCUT2D eigenvalue weighted by Crippen LogP contribution is 2.30. The molecule has 1 aromatic heterocycles. The van der Waals surface area contributed by atoms with Crippen LogP contribution in [0.3, 0.4) is 0 Å². The Hall–Kier alpha value is -2.35. The van der Waals surface area contributed by atoms with E-state index < -0.39 is 11.6 Å². The number of carbonyl (C=O) groups is 1. The summed E-state index contributed by atoms with van der Waals surface area (Å²) in [4.78, 5) is 19.8. The van der Waals surface area contributed by atoms with Gasteiger partial charge in [-0.15, -0.1) is 0 Å². The highest BCUT2D eigenvalue weighted by atomic mass is 79.9. The van der Waals surface area contributed by atoms with Gasteiger partial charge in [0.15, 0.2) is 0 Å². The van der Waals surface area contributed by atoms with Crippen LogP contribution >= 0.6 is 15.9 Å². The van der Waals surface area contributed by atoms with E-state index in [0.29, 0.717) is 5.56 Å². The number of benzene rings is 1. The number of methoxy groups -OCH3 is 2. The molecule has 1 heterocycles. The second kappa shape index (κ2) is 6.82. The molecule has 0 radical (unpaired) electrons. The molecule has 0 aliphatic carbocycles. The summed E-state index contributed by atoms with van der Waals surface area (Å²) in [5.41, 5.74) is -1.23. The number of nitrogens with zero attached hydrogens (tertiary/aromatic N) is 2. The van der Waals surface area contributed by atoms with Crippen LogP contribution in [0, 0.1) is 0 Å². The van der Waals surface area contributed by atoms with Crippen molar-refractivity contribution in [1.82, 2.24) is 9.97 Å². The Morgan fingerprint density at radius 2 is 1.65 bits per heavy atom. The van der Waals surface area contributed by atoms with Crippen LogP contribution in [0.2, 0.25) is 0 Å². The molecule has 0 spiro atoms. The van der Waals surface area contributed by atoms with E-state index in [1.54, 1.807) is 24.3 Å². The SMILES string of the molecule is COc1cc(OC)nc(OC(C)(C(=O)O)c2ccc(Br)cc2)n1. The van der Waals surface area contributed by atoms with E-state index in [-0.39, 0.29) is 17.8 Å². The average molecular weight is 383 g/mol. The van der Waals surface area contributed by atoms with Crippen molar-refractivity contribution in [3.8, 4) is 17.8 Å². The van der Waals surface area contributed by atoms with Gasteiger partial charge in [0.2, 0.25) is 17.4 Å². The summed E-state index contributed by atoms with van der Waals surface area (Å²) < 4.78 is 16.5. The number of aromatic nitrogens is 2. The van der Waals surface area contributed by atoms with Gasteiger partial charge in [0.05, 0.1) is 20.3 Å². The molecule has 0 amide bonds. The molecule has 7 nitrogen and oxygen atoms in total. The lowest BCUT2D eigenvalue weighted by molar-refractivity contribution is -0.155. The molecule has 2 rings (SSSR count). The van der Waals surface area contributed by atoms with E-state index >= 15 is 0 Å². The maximum Gasteiger partial charge on any atom is 0.352 e. The van der Waals surface area contributed by atoms with Gasteiger partial charge in [-0.2, -0.15) is 9.97 Å². The predicted octanol–water partition coefficient (Wildman–Crippen LogP) is 2.64. The van der Waals surface area contributed by atoms with Crippen LogP contribution in [0.4, 0.5) is 0 Å². The zero-order valence-electron chi connectivity index (χ0n) is 12.7.